The minimum atomic E-state index is -5.17. The molecule has 2 fully saturated rings. The summed E-state index contributed by atoms with van der Waals surface area (Å²) in [6.45, 7) is 1.26. The Morgan fingerprint density at radius 1 is 0.553 bits per heavy atom. The van der Waals surface area contributed by atoms with Gasteiger partial charge in [-0.2, -0.15) is 0 Å². The van der Waals surface area contributed by atoms with Crippen LogP contribution in [0, 0.1) is 0 Å². The molecule has 0 bridgehead atoms. The fourth-order valence-electron chi connectivity index (χ4n) is 8.98. The van der Waals surface area contributed by atoms with Crippen LogP contribution in [0.2, 0.25) is 15.5 Å². The summed E-state index contributed by atoms with van der Waals surface area (Å²) in [5.74, 6) is 3.52. The summed E-state index contributed by atoms with van der Waals surface area (Å²) in [6.07, 6.45) is -6.43. The second kappa shape index (κ2) is 28.2. The van der Waals surface area contributed by atoms with Gasteiger partial charge in [0, 0.05) is 0 Å². The zero-order chi connectivity index (χ0) is 53.3. The molecule has 6 aromatic carbocycles. The van der Waals surface area contributed by atoms with Crippen molar-refractivity contribution in [3.63, 3.8) is 0 Å². The normalized spacial score (nSPS) is 20.7. The van der Waals surface area contributed by atoms with Crippen LogP contribution < -0.4 is 23.7 Å². The van der Waals surface area contributed by atoms with E-state index in [2.05, 4.69) is 0 Å². The fraction of sp³-hybridized carbons (Fsp3) is 0.379. The van der Waals surface area contributed by atoms with Crippen LogP contribution in [-0.2, 0) is 80.8 Å². The zero-order valence-corrected chi connectivity index (χ0v) is 45.8. The third kappa shape index (κ3) is 16.2. The summed E-state index contributed by atoms with van der Waals surface area (Å²) >= 11 is -2.15. The van der Waals surface area contributed by atoms with Gasteiger partial charge in [0.1, 0.15) is 0 Å². The molecule has 18 heteroatoms. The quantitative estimate of drug-likeness (QED) is 0.0363. The van der Waals surface area contributed by atoms with Gasteiger partial charge >= 0.3 is 445 Å². The molecule has 0 saturated carbocycles. The van der Waals surface area contributed by atoms with Crippen LogP contribution in [0.3, 0.4) is 0 Å². The van der Waals surface area contributed by atoms with Crippen LogP contribution in [0.15, 0.2) is 152 Å². The molecule has 0 aliphatic carbocycles. The average Bonchev–Trinajstić information content (AvgIpc) is 3.79. The van der Waals surface area contributed by atoms with Crippen LogP contribution in [0.4, 0.5) is 0 Å². The molecule has 16 nitrogen and oxygen atoms in total. The van der Waals surface area contributed by atoms with E-state index in [-0.39, 0.29) is 44.5 Å². The molecule has 407 valence electrons. The Kier molecular flexibility index (Phi) is 21.0. The summed E-state index contributed by atoms with van der Waals surface area (Å²) in [6, 6.07) is 47.3. The van der Waals surface area contributed by atoms with Crippen molar-refractivity contribution >= 4 is 24.3 Å². The molecule has 0 aromatic heterocycles. The molecule has 0 spiro atoms. The fourth-order valence-corrected chi connectivity index (χ4v) is 15.7. The molecular weight excluding hydrogens is 1060 g/mol. The van der Waals surface area contributed by atoms with Gasteiger partial charge in [0.2, 0.25) is 0 Å². The van der Waals surface area contributed by atoms with Gasteiger partial charge in [0.15, 0.2) is 0 Å². The van der Waals surface area contributed by atoms with Crippen molar-refractivity contribution in [1.82, 2.24) is 0 Å². The standard InChI is InChI=1S/C58H67O16SSe/c1-62-46-21-11-40(12-22-46)31-67-37-54-55(71-35-44-19-29-50(66-5)30-20-44)52(69-33-42-15-25-48(64-3)26-16-42)38-76(54)39-53(70-34-43-17-27-49(65-4)28-18-43)57(74-75(59,60)61)56-51(68-32-41-13-23-47(63-2)24-14-41)36-72-58(73-56)45-9-7-6-8-10-45/h6-30,51-58H,31-39H2,1-5H3,(H,59,60,61)/t51-,52-,53-,54-,55+,56-,57-,58?/m1/s1. The van der Waals surface area contributed by atoms with Gasteiger partial charge in [0.25, 0.3) is 0 Å². The van der Waals surface area contributed by atoms with Crippen LogP contribution in [0.1, 0.15) is 39.7 Å². The van der Waals surface area contributed by atoms with Crippen molar-refractivity contribution in [3.05, 3.63) is 185 Å². The van der Waals surface area contributed by atoms with E-state index in [1.807, 2.05) is 152 Å². The van der Waals surface area contributed by atoms with Crippen molar-refractivity contribution < 1.29 is 74.0 Å². The second-order valence-electron chi connectivity index (χ2n) is 18.2. The third-order valence-corrected chi connectivity index (χ3v) is 19.4. The van der Waals surface area contributed by atoms with Gasteiger partial charge in [0.05, 0.1) is 7.11 Å². The molecule has 8 rings (SSSR count). The molecule has 1 N–H and O–H groups in total. The Hall–Kier alpha value is -5.57. The minimum absolute atomic E-state index is 0.0129. The van der Waals surface area contributed by atoms with Crippen molar-refractivity contribution in [3.8, 4) is 28.7 Å². The Labute approximate surface area is 450 Å². The van der Waals surface area contributed by atoms with Gasteiger partial charge in [-0.3, -0.25) is 0 Å². The summed E-state index contributed by atoms with van der Waals surface area (Å²) < 4.78 is 118. The Balaban J connectivity index is 1.17. The molecule has 76 heavy (non-hydrogen) atoms. The molecule has 8 atom stereocenters. The van der Waals surface area contributed by atoms with Crippen LogP contribution in [0.5, 0.6) is 28.7 Å². The maximum atomic E-state index is 13.3. The second-order valence-corrected chi connectivity index (χ2v) is 24.1. The first kappa shape index (κ1) is 56.6. The number of methoxy groups -OCH3 is 5. The van der Waals surface area contributed by atoms with E-state index in [9.17, 15) is 13.0 Å². The Bertz CT molecular complexity index is 2750. The maximum absolute atomic E-state index is 13.3. The molecule has 1 unspecified atom stereocenters. The van der Waals surface area contributed by atoms with E-state index < -0.39 is 67.2 Å². The first-order valence-corrected chi connectivity index (χ1v) is 29.6. The molecular formula is C58H67O16SSe. The zero-order valence-electron chi connectivity index (χ0n) is 43.3. The number of rotatable bonds is 28. The number of hydrogen-bond acceptors (Lipinski definition) is 15. The van der Waals surface area contributed by atoms with Crippen molar-refractivity contribution in [2.45, 2.75) is 91.4 Å². The average molecular weight is 1130 g/mol. The van der Waals surface area contributed by atoms with Gasteiger partial charge in [-0.25, -0.2) is 0 Å². The van der Waals surface area contributed by atoms with E-state index in [0.29, 0.717) is 34.3 Å². The number of hydrogen-bond donors (Lipinski definition) is 1. The molecule has 2 heterocycles. The van der Waals surface area contributed by atoms with Gasteiger partial charge in [-0.1, -0.05) is 0 Å². The first-order chi connectivity index (χ1) is 37.0. The monoisotopic (exact) mass is 1130 g/mol. The van der Waals surface area contributed by atoms with Crippen LogP contribution >= 0.6 is 0 Å². The molecule has 2 aliphatic heterocycles. The summed E-state index contributed by atoms with van der Waals surface area (Å²) in [4.78, 5) is -0.231. The van der Waals surface area contributed by atoms with Gasteiger partial charge in [-0.05, 0) is 0 Å². The predicted molar refractivity (Wildman–Crippen MR) is 284 cm³/mol. The van der Waals surface area contributed by atoms with E-state index in [1.165, 1.54) is 0 Å². The molecule has 2 saturated heterocycles. The molecule has 0 amide bonds. The summed E-state index contributed by atoms with van der Waals surface area (Å²) in [5.41, 5.74) is 5.12. The van der Waals surface area contributed by atoms with Crippen LogP contribution in [0.25, 0.3) is 0 Å². The van der Waals surface area contributed by atoms with Crippen molar-refractivity contribution in [2.24, 2.45) is 0 Å². The predicted octanol–water partition coefficient (Wildman–Crippen LogP) is 9.77. The Morgan fingerprint density at radius 3 is 1.45 bits per heavy atom. The van der Waals surface area contributed by atoms with E-state index in [4.69, 9.17) is 61.0 Å². The summed E-state index contributed by atoms with van der Waals surface area (Å²) in [7, 11) is 2.89. The first-order valence-electron chi connectivity index (χ1n) is 24.8. The van der Waals surface area contributed by atoms with Crippen molar-refractivity contribution in [2.75, 3.05) is 48.8 Å². The van der Waals surface area contributed by atoms with Crippen molar-refractivity contribution in [1.29, 1.82) is 0 Å². The summed E-state index contributed by atoms with van der Waals surface area (Å²) in [5, 5.41) is 0.860. The Morgan fingerprint density at radius 2 is 0.987 bits per heavy atom. The number of ether oxygens (including phenoxy) is 12. The van der Waals surface area contributed by atoms with E-state index in [0.717, 1.165) is 45.1 Å². The molecule has 1 radical (unpaired) electrons. The van der Waals surface area contributed by atoms with E-state index in [1.54, 1.807) is 35.5 Å². The third-order valence-electron chi connectivity index (χ3n) is 13.2. The van der Waals surface area contributed by atoms with Gasteiger partial charge in [-0.15, -0.1) is 0 Å². The number of benzene rings is 6. The molecule has 2 aliphatic rings. The molecule has 6 aromatic rings. The van der Waals surface area contributed by atoms with Crippen LogP contribution in [-0.4, -0.2) is 112 Å². The topological polar surface area (TPSA) is 174 Å². The van der Waals surface area contributed by atoms with E-state index >= 15 is 0 Å². The SMILES string of the molecule is COc1ccc(COC[C@@H]2[C@@H](OCc3ccc(OC)cc3)[C@H](OCc3ccc(OC)cc3)C[Se]2C[C@@H](OCc2ccc(OC)cc2)[C@@H](OS(=O)(=O)O)[C@@H]2OC(c3ccccc3)OC[C@H]2OCc2ccc(OC)cc2)cc1. The van der Waals surface area contributed by atoms with Gasteiger partial charge < -0.3 is 0 Å².